The molecule has 1 atom stereocenters. The highest BCUT2D eigenvalue weighted by atomic mass is 16.2. The number of hydrogen-bond acceptors (Lipinski definition) is 2. The van der Waals surface area contributed by atoms with Crippen molar-refractivity contribution in [1.29, 1.82) is 0 Å². The van der Waals surface area contributed by atoms with Crippen LogP contribution >= 0.6 is 0 Å². The van der Waals surface area contributed by atoms with E-state index in [0.717, 1.165) is 18.7 Å². The minimum atomic E-state index is -0.233. The van der Waals surface area contributed by atoms with Gasteiger partial charge in [-0.05, 0) is 44.2 Å². The van der Waals surface area contributed by atoms with Crippen LogP contribution in [0.4, 0.5) is 5.69 Å². The predicted molar refractivity (Wildman–Crippen MR) is 90.9 cm³/mol. The zero-order chi connectivity index (χ0) is 16.1. The lowest BCUT2D eigenvalue weighted by atomic mass is 9.97. The zero-order valence-electron chi connectivity index (χ0n) is 13.5. The normalized spacial score (nSPS) is 21.2. The van der Waals surface area contributed by atoms with E-state index >= 15 is 0 Å². The van der Waals surface area contributed by atoms with E-state index in [0.29, 0.717) is 13.0 Å². The van der Waals surface area contributed by atoms with Gasteiger partial charge in [-0.2, -0.15) is 0 Å². The van der Waals surface area contributed by atoms with Gasteiger partial charge in [-0.1, -0.05) is 29.8 Å². The highest BCUT2D eigenvalue weighted by molar-refractivity contribution is 5.97. The molecule has 0 aromatic heterocycles. The summed E-state index contributed by atoms with van der Waals surface area (Å²) < 4.78 is 0. The van der Waals surface area contributed by atoms with Crippen LogP contribution in [-0.4, -0.2) is 29.8 Å². The molecule has 23 heavy (non-hydrogen) atoms. The van der Waals surface area contributed by atoms with Gasteiger partial charge in [0.05, 0.1) is 5.92 Å². The number of carbonyl (C=O) groups excluding carboxylic acids is 2. The van der Waals surface area contributed by atoms with Gasteiger partial charge >= 0.3 is 0 Å². The maximum absolute atomic E-state index is 12.3. The standard InChI is InChI=1S/C19H24N2O2/c22-18-13-16(19(23)20-17-9-5-2-6-10-17)14-21(18)12-11-15-7-3-1-4-8-15/h2,5-7,9-10,16H,1,3-4,8,11-14H2,(H,20,23). The van der Waals surface area contributed by atoms with E-state index < -0.39 is 0 Å². The number of benzene rings is 1. The lowest BCUT2D eigenvalue weighted by molar-refractivity contribution is -0.128. The number of para-hydroxylation sites is 1. The van der Waals surface area contributed by atoms with Gasteiger partial charge in [-0.25, -0.2) is 0 Å². The molecular formula is C19H24N2O2. The minimum Gasteiger partial charge on any atom is -0.342 e. The third-order valence-electron chi connectivity index (χ3n) is 4.71. The average molecular weight is 312 g/mol. The maximum atomic E-state index is 12.3. The summed E-state index contributed by atoms with van der Waals surface area (Å²) in [5.41, 5.74) is 2.26. The Morgan fingerprint density at radius 2 is 2.04 bits per heavy atom. The van der Waals surface area contributed by atoms with Gasteiger partial charge in [0, 0.05) is 25.2 Å². The number of amides is 2. The first-order valence-electron chi connectivity index (χ1n) is 8.54. The van der Waals surface area contributed by atoms with Gasteiger partial charge in [0.15, 0.2) is 0 Å². The minimum absolute atomic E-state index is 0.0519. The Bertz CT molecular complexity index is 595. The summed E-state index contributed by atoms with van der Waals surface area (Å²) in [6.45, 7) is 1.30. The van der Waals surface area contributed by atoms with Gasteiger partial charge in [-0.15, -0.1) is 0 Å². The van der Waals surface area contributed by atoms with Crippen LogP contribution in [-0.2, 0) is 9.59 Å². The van der Waals surface area contributed by atoms with Crippen molar-refractivity contribution < 1.29 is 9.59 Å². The third kappa shape index (κ3) is 4.21. The molecule has 0 spiro atoms. The molecule has 2 amide bonds. The van der Waals surface area contributed by atoms with E-state index in [-0.39, 0.29) is 17.7 Å². The molecule has 1 aliphatic carbocycles. The number of nitrogens with one attached hydrogen (secondary N) is 1. The Morgan fingerprint density at radius 3 is 2.78 bits per heavy atom. The number of anilines is 1. The van der Waals surface area contributed by atoms with Crippen LogP contribution in [0.25, 0.3) is 0 Å². The first kappa shape index (κ1) is 15.8. The van der Waals surface area contributed by atoms with Crippen molar-refractivity contribution in [1.82, 2.24) is 4.90 Å². The summed E-state index contributed by atoms with van der Waals surface area (Å²) in [5, 5.41) is 2.90. The van der Waals surface area contributed by atoms with E-state index in [9.17, 15) is 9.59 Å². The van der Waals surface area contributed by atoms with Gasteiger partial charge in [-0.3, -0.25) is 9.59 Å². The molecule has 1 saturated heterocycles. The van der Waals surface area contributed by atoms with Gasteiger partial charge in [0.25, 0.3) is 0 Å². The fraction of sp³-hybridized carbons (Fsp3) is 0.474. The quantitative estimate of drug-likeness (QED) is 0.848. The van der Waals surface area contributed by atoms with Gasteiger partial charge in [0.1, 0.15) is 0 Å². The molecule has 4 nitrogen and oxygen atoms in total. The van der Waals surface area contributed by atoms with Crippen molar-refractivity contribution in [3.63, 3.8) is 0 Å². The molecular weight excluding hydrogens is 288 g/mol. The predicted octanol–water partition coefficient (Wildman–Crippen LogP) is 3.36. The van der Waals surface area contributed by atoms with E-state index in [4.69, 9.17) is 0 Å². The topological polar surface area (TPSA) is 49.4 Å². The molecule has 0 bridgehead atoms. The fourth-order valence-corrected chi connectivity index (χ4v) is 3.34. The number of rotatable bonds is 5. The van der Waals surface area contributed by atoms with Gasteiger partial charge < -0.3 is 10.2 Å². The number of hydrogen-bond donors (Lipinski definition) is 1. The van der Waals surface area contributed by atoms with Crippen LogP contribution in [0.3, 0.4) is 0 Å². The fourth-order valence-electron chi connectivity index (χ4n) is 3.34. The van der Waals surface area contributed by atoms with Crippen LogP contribution in [0.5, 0.6) is 0 Å². The van der Waals surface area contributed by atoms with Crippen LogP contribution in [0, 0.1) is 5.92 Å². The Kier molecular flexibility index (Phi) is 5.11. The van der Waals surface area contributed by atoms with Crippen molar-refractivity contribution in [2.75, 3.05) is 18.4 Å². The molecule has 1 heterocycles. The summed E-state index contributed by atoms with van der Waals surface area (Å²) in [6, 6.07) is 9.42. The molecule has 1 aliphatic heterocycles. The van der Waals surface area contributed by atoms with Crippen molar-refractivity contribution in [3.8, 4) is 0 Å². The van der Waals surface area contributed by atoms with Crippen molar-refractivity contribution >= 4 is 17.5 Å². The second-order valence-corrected chi connectivity index (χ2v) is 6.45. The highest BCUT2D eigenvalue weighted by Gasteiger charge is 2.34. The lowest BCUT2D eigenvalue weighted by Gasteiger charge is -2.19. The first-order chi connectivity index (χ1) is 11.2. The summed E-state index contributed by atoms with van der Waals surface area (Å²) in [4.78, 5) is 26.3. The summed E-state index contributed by atoms with van der Waals surface area (Å²) >= 11 is 0. The van der Waals surface area contributed by atoms with E-state index in [1.807, 2.05) is 35.2 Å². The van der Waals surface area contributed by atoms with Crippen molar-refractivity contribution in [2.24, 2.45) is 5.92 Å². The van der Waals surface area contributed by atoms with E-state index in [2.05, 4.69) is 11.4 Å². The molecule has 1 N–H and O–H groups in total. The summed E-state index contributed by atoms with van der Waals surface area (Å²) in [7, 11) is 0. The van der Waals surface area contributed by atoms with Crippen LogP contribution < -0.4 is 5.32 Å². The number of nitrogens with zero attached hydrogens (tertiary/aromatic N) is 1. The molecule has 3 rings (SSSR count). The molecule has 4 heteroatoms. The Hall–Kier alpha value is -2.10. The van der Waals surface area contributed by atoms with E-state index in [1.165, 1.54) is 31.3 Å². The molecule has 1 aromatic carbocycles. The first-order valence-corrected chi connectivity index (χ1v) is 8.54. The Balaban J connectivity index is 1.50. The lowest BCUT2D eigenvalue weighted by Crippen LogP contribution is -2.29. The summed E-state index contributed by atoms with van der Waals surface area (Å²) in [6.07, 6.45) is 8.50. The maximum Gasteiger partial charge on any atom is 0.229 e. The van der Waals surface area contributed by atoms with Crippen LogP contribution in [0.15, 0.2) is 42.0 Å². The van der Waals surface area contributed by atoms with Crippen LogP contribution in [0.1, 0.15) is 38.5 Å². The van der Waals surface area contributed by atoms with E-state index in [1.54, 1.807) is 0 Å². The van der Waals surface area contributed by atoms with Crippen molar-refractivity contribution in [3.05, 3.63) is 42.0 Å². The average Bonchev–Trinajstić information content (AvgIpc) is 2.96. The number of carbonyl (C=O) groups is 2. The molecule has 1 aromatic rings. The second kappa shape index (κ2) is 7.44. The third-order valence-corrected chi connectivity index (χ3v) is 4.71. The Morgan fingerprint density at radius 1 is 1.22 bits per heavy atom. The summed E-state index contributed by atoms with van der Waals surface area (Å²) in [5.74, 6) is -0.179. The largest absolute Gasteiger partial charge is 0.342 e. The molecule has 2 aliphatic rings. The molecule has 122 valence electrons. The zero-order valence-corrected chi connectivity index (χ0v) is 13.5. The molecule has 1 fully saturated rings. The van der Waals surface area contributed by atoms with Crippen molar-refractivity contribution in [2.45, 2.75) is 38.5 Å². The molecule has 1 unspecified atom stereocenters. The van der Waals surface area contributed by atoms with Gasteiger partial charge in [0.2, 0.25) is 11.8 Å². The SMILES string of the molecule is O=C(Nc1ccccc1)C1CC(=O)N(CCC2=CCCCC2)C1. The second-order valence-electron chi connectivity index (χ2n) is 6.45. The number of allylic oxidation sites excluding steroid dienone is 1. The molecule has 0 radical (unpaired) electrons. The van der Waals surface area contributed by atoms with Crippen LogP contribution in [0.2, 0.25) is 0 Å². The monoisotopic (exact) mass is 312 g/mol. The molecule has 0 saturated carbocycles. The smallest absolute Gasteiger partial charge is 0.229 e. The highest BCUT2D eigenvalue weighted by Crippen LogP contribution is 2.24. The number of likely N-dealkylation sites (tertiary alicyclic amines) is 1. The Labute approximate surface area is 137 Å².